The van der Waals surface area contributed by atoms with Crippen molar-refractivity contribution in [3.05, 3.63) is 83.4 Å². The highest BCUT2D eigenvalue weighted by molar-refractivity contribution is 6.07. The first-order valence-corrected chi connectivity index (χ1v) is 12.5. The molecule has 2 heterocycles. The van der Waals surface area contributed by atoms with Crippen LogP contribution in [0.4, 0.5) is 0 Å². The van der Waals surface area contributed by atoms with Crippen molar-refractivity contribution in [3.8, 4) is 5.75 Å². The first-order valence-electron chi connectivity index (χ1n) is 12.5. The molecule has 2 aliphatic rings. The number of carbonyl (C=O) groups is 3. The van der Waals surface area contributed by atoms with E-state index in [1.807, 2.05) is 54.6 Å². The first kappa shape index (κ1) is 24.5. The fourth-order valence-electron chi connectivity index (χ4n) is 4.89. The monoisotopic (exact) mass is 501 g/mol. The van der Waals surface area contributed by atoms with Gasteiger partial charge < -0.3 is 24.8 Å². The quantitative estimate of drug-likeness (QED) is 0.469. The second-order valence-corrected chi connectivity index (χ2v) is 9.77. The Labute approximate surface area is 215 Å². The second kappa shape index (κ2) is 10.1. The summed E-state index contributed by atoms with van der Waals surface area (Å²) in [5, 5.41) is 5.88. The van der Waals surface area contributed by atoms with Crippen molar-refractivity contribution in [3.63, 3.8) is 0 Å². The molecule has 1 aliphatic carbocycles. The van der Waals surface area contributed by atoms with Gasteiger partial charge in [0.05, 0.1) is 20.0 Å². The van der Waals surface area contributed by atoms with Crippen molar-refractivity contribution in [2.24, 2.45) is 0 Å². The smallest absolute Gasteiger partial charge is 0.274 e. The Bertz CT molecular complexity index is 1300. The van der Waals surface area contributed by atoms with E-state index in [0.29, 0.717) is 19.5 Å². The van der Waals surface area contributed by atoms with Gasteiger partial charge in [0, 0.05) is 19.1 Å². The lowest BCUT2D eigenvalue weighted by Crippen LogP contribution is -2.64. The van der Waals surface area contributed by atoms with Crippen molar-refractivity contribution in [2.45, 2.75) is 50.9 Å². The summed E-state index contributed by atoms with van der Waals surface area (Å²) in [6, 6.07) is 17.3. The van der Waals surface area contributed by atoms with Gasteiger partial charge in [-0.3, -0.25) is 14.4 Å². The second-order valence-electron chi connectivity index (χ2n) is 9.77. The number of aromatic nitrogens is 2. The van der Waals surface area contributed by atoms with Crippen LogP contribution in [-0.2, 0) is 24.3 Å². The van der Waals surface area contributed by atoms with Gasteiger partial charge in [0.15, 0.2) is 5.69 Å². The lowest BCUT2D eigenvalue weighted by atomic mass is 9.93. The lowest BCUT2D eigenvalue weighted by Gasteiger charge is -2.44. The Morgan fingerprint density at radius 2 is 1.78 bits per heavy atom. The Morgan fingerprint density at radius 1 is 1.05 bits per heavy atom. The molecule has 9 heteroatoms. The molecule has 0 bridgehead atoms. The molecular formula is C28H31N5O4. The average molecular weight is 502 g/mol. The van der Waals surface area contributed by atoms with Gasteiger partial charge in [0.25, 0.3) is 11.8 Å². The predicted molar refractivity (Wildman–Crippen MR) is 137 cm³/mol. The number of hydrogen-bond donors (Lipinski definition) is 2. The van der Waals surface area contributed by atoms with E-state index in [2.05, 4.69) is 15.6 Å². The number of amides is 3. The molecule has 9 nitrogen and oxygen atoms in total. The molecule has 0 spiro atoms. The van der Waals surface area contributed by atoms with E-state index in [1.165, 1.54) is 6.33 Å². The van der Waals surface area contributed by atoms with E-state index in [-0.39, 0.29) is 41.7 Å². The van der Waals surface area contributed by atoms with E-state index in [1.54, 1.807) is 23.5 Å². The molecule has 1 aliphatic heterocycles. The molecule has 0 saturated heterocycles. The number of rotatable bonds is 9. The highest BCUT2D eigenvalue weighted by atomic mass is 16.5. The van der Waals surface area contributed by atoms with Crippen LogP contribution in [0.15, 0.2) is 60.9 Å². The summed E-state index contributed by atoms with van der Waals surface area (Å²) in [7, 11) is 1.61. The number of ether oxygens (including phenoxy) is 1. The molecule has 192 valence electrons. The summed E-state index contributed by atoms with van der Waals surface area (Å²) in [5.41, 5.74) is 1.28. The van der Waals surface area contributed by atoms with Crippen LogP contribution in [0.25, 0.3) is 0 Å². The van der Waals surface area contributed by atoms with Gasteiger partial charge in [-0.1, -0.05) is 42.5 Å². The van der Waals surface area contributed by atoms with Crippen LogP contribution in [-0.4, -0.2) is 57.4 Å². The number of benzene rings is 2. The molecule has 1 unspecified atom stereocenters. The Kier molecular flexibility index (Phi) is 6.69. The van der Waals surface area contributed by atoms with Gasteiger partial charge >= 0.3 is 0 Å². The van der Waals surface area contributed by atoms with Crippen molar-refractivity contribution < 1.29 is 19.1 Å². The fourth-order valence-corrected chi connectivity index (χ4v) is 4.89. The minimum atomic E-state index is -1.10. The minimum Gasteiger partial charge on any atom is -0.497 e. The van der Waals surface area contributed by atoms with Crippen molar-refractivity contribution >= 4 is 17.7 Å². The average Bonchev–Trinajstić information content (AvgIpc) is 3.65. The SMILES string of the molecule is COc1ccc(CNC(=O)C2(C)Cn3cnc(C(=O)NCCc4ccccc4)c3C(=O)N2C2CC2)cc1. The fraction of sp³-hybridized carbons (Fsp3) is 0.357. The van der Waals surface area contributed by atoms with E-state index in [4.69, 9.17) is 4.74 Å². The third-order valence-electron chi connectivity index (χ3n) is 7.04. The zero-order chi connectivity index (χ0) is 26.0. The number of fused-ring (bicyclic) bond motifs is 1. The van der Waals surface area contributed by atoms with Crippen molar-refractivity contribution in [1.82, 2.24) is 25.1 Å². The van der Waals surface area contributed by atoms with E-state index >= 15 is 0 Å². The molecular weight excluding hydrogens is 470 g/mol. The largest absolute Gasteiger partial charge is 0.497 e. The van der Waals surface area contributed by atoms with Crippen molar-refractivity contribution in [1.29, 1.82) is 0 Å². The summed E-state index contributed by atoms with van der Waals surface area (Å²) < 4.78 is 6.83. The molecule has 2 aromatic carbocycles. The minimum absolute atomic E-state index is 0.0260. The van der Waals surface area contributed by atoms with Crippen LogP contribution in [0.5, 0.6) is 5.75 Å². The molecule has 3 aromatic rings. The zero-order valence-corrected chi connectivity index (χ0v) is 21.1. The summed E-state index contributed by atoms with van der Waals surface area (Å²) >= 11 is 0. The van der Waals surface area contributed by atoms with Crippen LogP contribution in [0.3, 0.4) is 0 Å². The maximum absolute atomic E-state index is 13.7. The number of hydrogen-bond acceptors (Lipinski definition) is 5. The van der Waals surface area contributed by atoms with Gasteiger partial charge in [-0.15, -0.1) is 0 Å². The predicted octanol–water partition coefficient (Wildman–Crippen LogP) is 2.56. The summed E-state index contributed by atoms with van der Waals surface area (Å²) in [5.74, 6) is -0.216. The molecule has 1 saturated carbocycles. The molecule has 37 heavy (non-hydrogen) atoms. The number of imidazole rings is 1. The van der Waals surface area contributed by atoms with Crippen LogP contribution in [0.2, 0.25) is 0 Å². The molecule has 1 fully saturated rings. The highest BCUT2D eigenvalue weighted by Crippen LogP contribution is 2.38. The standard InChI is InChI=1S/C28H31N5O4/c1-28(27(36)30-16-20-8-12-22(37-2)13-9-20)17-32-18-31-23(24(32)26(35)33(28)21-10-11-21)25(34)29-15-14-19-6-4-3-5-7-19/h3-9,12-13,18,21H,10-11,14-17H2,1-2H3,(H,29,34)(H,30,36). The van der Waals surface area contributed by atoms with Gasteiger partial charge in [0.1, 0.15) is 17.0 Å². The van der Waals surface area contributed by atoms with Crippen LogP contribution >= 0.6 is 0 Å². The highest BCUT2D eigenvalue weighted by Gasteiger charge is 2.53. The lowest BCUT2D eigenvalue weighted by molar-refractivity contribution is -0.133. The van der Waals surface area contributed by atoms with Gasteiger partial charge in [-0.2, -0.15) is 0 Å². The molecule has 0 radical (unpaired) electrons. The summed E-state index contributed by atoms with van der Waals surface area (Å²) in [6.45, 7) is 2.77. The molecule has 3 amide bonds. The van der Waals surface area contributed by atoms with Crippen LogP contribution in [0, 0.1) is 0 Å². The maximum Gasteiger partial charge on any atom is 0.274 e. The summed E-state index contributed by atoms with van der Waals surface area (Å²) in [6.07, 6.45) is 3.83. The molecule has 1 atom stereocenters. The summed E-state index contributed by atoms with van der Waals surface area (Å²) in [4.78, 5) is 46.1. The van der Waals surface area contributed by atoms with Crippen molar-refractivity contribution in [2.75, 3.05) is 13.7 Å². The normalized spacial score (nSPS) is 18.8. The van der Waals surface area contributed by atoms with E-state index < -0.39 is 5.54 Å². The number of carbonyl (C=O) groups excluding carboxylic acids is 3. The number of nitrogens with zero attached hydrogens (tertiary/aromatic N) is 3. The zero-order valence-electron chi connectivity index (χ0n) is 21.1. The van der Waals surface area contributed by atoms with Gasteiger partial charge in [-0.25, -0.2) is 4.98 Å². The number of nitrogens with one attached hydrogen (secondary N) is 2. The topological polar surface area (TPSA) is 106 Å². The number of methoxy groups -OCH3 is 1. The Hall–Kier alpha value is -4.14. The van der Waals surface area contributed by atoms with E-state index in [0.717, 1.165) is 29.7 Å². The molecule has 2 N–H and O–H groups in total. The Morgan fingerprint density at radius 3 is 2.46 bits per heavy atom. The third kappa shape index (κ3) is 4.94. The van der Waals surface area contributed by atoms with Gasteiger partial charge in [0.2, 0.25) is 5.91 Å². The van der Waals surface area contributed by atoms with E-state index in [9.17, 15) is 14.4 Å². The van der Waals surface area contributed by atoms with Crippen LogP contribution in [0.1, 0.15) is 51.9 Å². The molecule has 5 rings (SSSR count). The maximum atomic E-state index is 13.7. The van der Waals surface area contributed by atoms with Crippen LogP contribution < -0.4 is 15.4 Å². The first-order chi connectivity index (χ1) is 17.9. The Balaban J connectivity index is 1.31. The molecule has 1 aromatic heterocycles. The third-order valence-corrected chi connectivity index (χ3v) is 7.04. The van der Waals surface area contributed by atoms with Gasteiger partial charge in [-0.05, 0) is 49.4 Å².